The number of nitriles is 1. The van der Waals surface area contributed by atoms with Crippen molar-refractivity contribution in [3.63, 3.8) is 0 Å². The number of methoxy groups -OCH3 is 1. The van der Waals surface area contributed by atoms with Crippen molar-refractivity contribution in [2.75, 3.05) is 13.7 Å². The van der Waals surface area contributed by atoms with Crippen LogP contribution in [0.2, 0.25) is 0 Å². The topological polar surface area (TPSA) is 104 Å². The number of amides is 1. The zero-order valence-corrected chi connectivity index (χ0v) is 15.6. The number of thiazole rings is 1. The van der Waals surface area contributed by atoms with Crippen LogP contribution in [0.25, 0.3) is 11.6 Å². The Bertz CT molecular complexity index is 1130. The number of nitrogens with zero attached hydrogens (tertiary/aromatic N) is 2. The molecule has 7 nitrogen and oxygen atoms in total. The Kier molecular flexibility index (Phi) is 6.42. The highest BCUT2D eigenvalue weighted by Crippen LogP contribution is 2.26. The lowest BCUT2D eigenvalue weighted by Gasteiger charge is -2.03. The van der Waals surface area contributed by atoms with Gasteiger partial charge < -0.3 is 15.2 Å². The molecule has 0 fully saturated rings. The first-order valence-corrected chi connectivity index (χ1v) is 8.72. The van der Waals surface area contributed by atoms with Crippen LogP contribution in [0.4, 0.5) is 0 Å². The molecule has 0 atom stereocenters. The van der Waals surface area contributed by atoms with Gasteiger partial charge in [0.25, 0.3) is 11.5 Å². The van der Waals surface area contributed by atoms with Crippen LogP contribution >= 0.6 is 11.3 Å². The van der Waals surface area contributed by atoms with Gasteiger partial charge in [-0.15, -0.1) is 17.8 Å². The lowest BCUT2D eigenvalue weighted by molar-refractivity contribution is -0.115. The molecule has 2 aromatic rings. The largest absolute Gasteiger partial charge is 0.504 e. The van der Waals surface area contributed by atoms with Crippen LogP contribution in [0.1, 0.15) is 12.5 Å². The van der Waals surface area contributed by atoms with E-state index in [4.69, 9.17) is 11.2 Å². The maximum atomic E-state index is 12.7. The minimum atomic E-state index is -0.628. The van der Waals surface area contributed by atoms with Crippen molar-refractivity contribution in [1.82, 2.24) is 9.88 Å². The van der Waals surface area contributed by atoms with Crippen LogP contribution in [0.15, 0.2) is 23.0 Å². The Morgan fingerprint density at radius 1 is 1.52 bits per heavy atom. The third-order valence-corrected chi connectivity index (χ3v) is 4.76. The number of hydrogen-bond donors (Lipinski definition) is 2. The van der Waals surface area contributed by atoms with Gasteiger partial charge in [0, 0.05) is 6.54 Å². The lowest BCUT2D eigenvalue weighted by atomic mass is 10.2. The number of phenolic OH excluding ortho intramolecular Hbond substituents is 1. The van der Waals surface area contributed by atoms with E-state index in [1.54, 1.807) is 25.1 Å². The number of phenols is 1. The Labute approximate surface area is 159 Å². The van der Waals surface area contributed by atoms with Gasteiger partial charge in [-0.05, 0) is 30.7 Å². The quantitative estimate of drug-likeness (QED) is 0.702. The first kappa shape index (κ1) is 19.8. The molecule has 2 N–H and O–H groups in total. The molecule has 0 aliphatic carbocycles. The molecule has 138 valence electrons. The number of aromatic nitrogens is 1. The van der Waals surface area contributed by atoms with E-state index in [1.165, 1.54) is 17.7 Å². The van der Waals surface area contributed by atoms with E-state index >= 15 is 0 Å². The van der Waals surface area contributed by atoms with Gasteiger partial charge in [0.2, 0.25) is 0 Å². The summed E-state index contributed by atoms with van der Waals surface area (Å²) in [7, 11) is 1.43. The van der Waals surface area contributed by atoms with Gasteiger partial charge >= 0.3 is 0 Å². The highest BCUT2D eigenvalue weighted by molar-refractivity contribution is 7.07. The van der Waals surface area contributed by atoms with E-state index in [1.807, 2.05) is 6.07 Å². The number of hydrogen-bond acceptors (Lipinski definition) is 6. The molecule has 0 bridgehead atoms. The number of carbonyl (C=O) groups excluding carboxylic acids is 1. The maximum Gasteiger partial charge on any atom is 0.269 e. The summed E-state index contributed by atoms with van der Waals surface area (Å²) >= 11 is 1.04. The van der Waals surface area contributed by atoms with Crippen LogP contribution < -0.4 is 24.8 Å². The summed E-state index contributed by atoms with van der Waals surface area (Å²) in [6.07, 6.45) is 6.73. The molecule has 1 aromatic carbocycles. The Morgan fingerprint density at radius 3 is 2.85 bits per heavy atom. The summed E-state index contributed by atoms with van der Waals surface area (Å²) in [5.41, 5.74) is 0.146. The first-order chi connectivity index (χ1) is 13.0. The fraction of sp³-hybridized carbons (Fsp3) is 0.211. The Morgan fingerprint density at radius 2 is 2.26 bits per heavy atom. The first-order valence-electron chi connectivity index (χ1n) is 7.91. The lowest BCUT2D eigenvalue weighted by Crippen LogP contribution is -2.34. The normalized spacial score (nSPS) is 12.1. The number of aromatic hydroxyl groups is 1. The molecule has 0 aliphatic rings. The second-order valence-corrected chi connectivity index (χ2v) is 6.30. The molecule has 0 unspecified atom stereocenters. The molecule has 1 aromatic heterocycles. The molecule has 0 radical (unpaired) electrons. The zero-order valence-electron chi connectivity index (χ0n) is 14.8. The molecule has 0 aliphatic heterocycles. The van der Waals surface area contributed by atoms with Crippen molar-refractivity contribution in [2.45, 2.75) is 13.5 Å². The highest BCUT2D eigenvalue weighted by Gasteiger charge is 2.14. The molecular formula is C19H17N3O4S. The number of rotatable bonds is 5. The predicted octanol–water partition coefficient (Wildman–Crippen LogP) is -0.104. The molecule has 8 heteroatoms. The summed E-state index contributed by atoms with van der Waals surface area (Å²) in [5.74, 6) is 1.89. The third-order valence-electron chi connectivity index (χ3n) is 3.63. The number of carbonyl (C=O) groups is 1. The van der Waals surface area contributed by atoms with E-state index in [-0.39, 0.29) is 33.8 Å². The molecule has 1 heterocycles. The summed E-state index contributed by atoms with van der Waals surface area (Å²) < 4.78 is 7.03. The number of benzene rings is 1. The van der Waals surface area contributed by atoms with Gasteiger partial charge in [-0.2, -0.15) is 5.26 Å². The zero-order chi connectivity index (χ0) is 20.0. The van der Waals surface area contributed by atoms with Gasteiger partial charge in [0.05, 0.1) is 18.2 Å². The Balaban J connectivity index is 2.71. The van der Waals surface area contributed by atoms with E-state index in [2.05, 4.69) is 11.2 Å². The van der Waals surface area contributed by atoms with Crippen molar-refractivity contribution in [2.24, 2.45) is 0 Å². The van der Waals surface area contributed by atoms with Crippen LogP contribution in [0.5, 0.6) is 11.5 Å². The maximum absolute atomic E-state index is 12.7. The van der Waals surface area contributed by atoms with Crippen LogP contribution in [0.3, 0.4) is 0 Å². The molecule has 0 saturated carbocycles. The summed E-state index contributed by atoms with van der Waals surface area (Å²) in [6.45, 7) is 2.03. The SMILES string of the molecule is C#CCNC(=O)C(C#N)=c1sc(=Cc2ccc(O)c(OC)c2)c(=O)n1CC. The van der Waals surface area contributed by atoms with Gasteiger partial charge in [-0.1, -0.05) is 12.0 Å². The molecule has 27 heavy (non-hydrogen) atoms. The average Bonchev–Trinajstić information content (AvgIpc) is 2.97. The van der Waals surface area contributed by atoms with Gasteiger partial charge in [-0.25, -0.2) is 0 Å². The third kappa shape index (κ3) is 4.20. The molecule has 1 amide bonds. The summed E-state index contributed by atoms with van der Waals surface area (Å²) in [6, 6.07) is 6.52. The van der Waals surface area contributed by atoms with Crippen LogP contribution in [-0.4, -0.2) is 29.2 Å². The van der Waals surface area contributed by atoms with Crippen molar-refractivity contribution in [3.05, 3.63) is 43.3 Å². The second-order valence-electron chi connectivity index (χ2n) is 5.27. The van der Waals surface area contributed by atoms with Gasteiger partial charge in [0.15, 0.2) is 17.1 Å². The molecule has 0 spiro atoms. The fourth-order valence-corrected chi connectivity index (χ4v) is 3.51. The van der Waals surface area contributed by atoms with Crippen molar-refractivity contribution < 1.29 is 14.6 Å². The van der Waals surface area contributed by atoms with E-state index in [0.717, 1.165) is 11.3 Å². The number of terminal acetylenes is 1. The van der Waals surface area contributed by atoms with Crippen LogP contribution in [-0.2, 0) is 11.3 Å². The van der Waals surface area contributed by atoms with E-state index < -0.39 is 5.91 Å². The average molecular weight is 383 g/mol. The Hall–Kier alpha value is -3.49. The van der Waals surface area contributed by atoms with Gasteiger partial charge in [0.1, 0.15) is 10.7 Å². The minimum absolute atomic E-state index is 0.0158. The monoisotopic (exact) mass is 383 g/mol. The number of ether oxygens (including phenoxy) is 1. The van der Waals surface area contributed by atoms with Crippen molar-refractivity contribution in [1.29, 1.82) is 5.26 Å². The predicted molar refractivity (Wildman–Crippen MR) is 103 cm³/mol. The number of nitrogens with one attached hydrogen (secondary N) is 1. The molecular weight excluding hydrogens is 366 g/mol. The minimum Gasteiger partial charge on any atom is -0.504 e. The highest BCUT2D eigenvalue weighted by atomic mass is 32.1. The van der Waals surface area contributed by atoms with E-state index in [0.29, 0.717) is 16.6 Å². The van der Waals surface area contributed by atoms with Crippen molar-refractivity contribution in [3.8, 4) is 29.9 Å². The second kappa shape index (κ2) is 8.75. The standard InChI is InChI=1S/C19H17N3O4S/c1-4-8-21-17(24)13(11-20)19-22(5-2)18(25)16(27-19)10-12-6-7-14(23)15(9-12)26-3/h1,6-7,9-10,23H,5,8H2,2-3H3,(H,21,24). The summed E-state index contributed by atoms with van der Waals surface area (Å²) in [4.78, 5) is 24.9. The molecule has 0 saturated heterocycles. The van der Waals surface area contributed by atoms with Gasteiger partial charge in [-0.3, -0.25) is 14.2 Å². The molecule has 2 rings (SSSR count). The summed E-state index contributed by atoms with van der Waals surface area (Å²) in [5, 5.41) is 21.5. The van der Waals surface area contributed by atoms with E-state index in [9.17, 15) is 20.0 Å². The van der Waals surface area contributed by atoms with Crippen molar-refractivity contribution >= 4 is 28.9 Å². The van der Waals surface area contributed by atoms with Crippen LogP contribution in [0, 0.1) is 23.7 Å². The fourth-order valence-electron chi connectivity index (χ4n) is 2.34. The smallest absolute Gasteiger partial charge is 0.269 e.